The monoisotopic (exact) mass is 198 g/mol. The Balaban J connectivity index is 2.61. The summed E-state index contributed by atoms with van der Waals surface area (Å²) in [7, 11) is 0. The second-order valence-corrected chi connectivity index (χ2v) is 6.94. The zero-order valence-corrected chi connectivity index (χ0v) is 10.7. The lowest BCUT2D eigenvalue weighted by atomic mass is 9.73. The smallest absolute Gasteiger partial charge is 0.0614 e. The van der Waals surface area contributed by atoms with Crippen LogP contribution < -0.4 is 0 Å². The first-order valence-electron chi connectivity index (χ1n) is 5.82. The molecule has 0 aromatic carbocycles. The maximum atomic E-state index is 5.87. The van der Waals surface area contributed by atoms with E-state index in [4.69, 9.17) is 4.74 Å². The molecule has 0 N–H and O–H groups in total. The molecule has 0 saturated carbocycles. The first kappa shape index (κ1) is 12.0. The van der Waals surface area contributed by atoms with E-state index in [0.29, 0.717) is 16.9 Å². The molecule has 0 spiro atoms. The predicted molar refractivity (Wildman–Crippen MR) is 61.4 cm³/mol. The summed E-state index contributed by atoms with van der Waals surface area (Å²) in [5.74, 6) is 0.738. The van der Waals surface area contributed by atoms with Crippen molar-refractivity contribution in [3.63, 3.8) is 0 Å². The van der Waals surface area contributed by atoms with Gasteiger partial charge in [-0.05, 0) is 29.6 Å². The van der Waals surface area contributed by atoms with Crippen LogP contribution in [0.25, 0.3) is 0 Å². The van der Waals surface area contributed by atoms with E-state index in [2.05, 4.69) is 41.5 Å². The lowest BCUT2D eigenvalue weighted by Gasteiger charge is -2.34. The van der Waals surface area contributed by atoms with E-state index in [1.54, 1.807) is 0 Å². The van der Waals surface area contributed by atoms with Crippen LogP contribution in [0.15, 0.2) is 0 Å². The maximum absolute atomic E-state index is 5.87. The summed E-state index contributed by atoms with van der Waals surface area (Å²) >= 11 is 0. The SMILES string of the molecule is CC(C)(C)C[C@H]1OCCC1C(C)(C)C. The average Bonchev–Trinajstić information content (AvgIpc) is 2.29. The Morgan fingerprint density at radius 1 is 1.07 bits per heavy atom. The summed E-state index contributed by atoms with van der Waals surface area (Å²) in [6.45, 7) is 14.9. The molecule has 0 aliphatic carbocycles. The van der Waals surface area contributed by atoms with Crippen molar-refractivity contribution in [1.82, 2.24) is 0 Å². The standard InChI is InChI=1S/C13H26O/c1-12(2,3)9-11-10(7-8-14-11)13(4,5)6/h10-11H,7-9H2,1-6H3/t10?,11-/m1/s1. The van der Waals surface area contributed by atoms with Crippen molar-refractivity contribution in [3.05, 3.63) is 0 Å². The molecule has 1 saturated heterocycles. The molecule has 84 valence electrons. The third kappa shape index (κ3) is 3.27. The first-order chi connectivity index (χ1) is 6.20. The van der Waals surface area contributed by atoms with Crippen molar-refractivity contribution in [2.45, 2.75) is 60.5 Å². The highest BCUT2D eigenvalue weighted by Gasteiger charge is 2.38. The summed E-state index contributed by atoms with van der Waals surface area (Å²) in [4.78, 5) is 0. The number of hydrogen-bond donors (Lipinski definition) is 0. The van der Waals surface area contributed by atoms with Gasteiger partial charge in [-0.3, -0.25) is 0 Å². The van der Waals surface area contributed by atoms with E-state index < -0.39 is 0 Å². The minimum atomic E-state index is 0.387. The molecule has 1 nitrogen and oxygen atoms in total. The lowest BCUT2D eigenvalue weighted by molar-refractivity contribution is 0.0284. The van der Waals surface area contributed by atoms with E-state index in [1.807, 2.05) is 0 Å². The Labute approximate surface area is 89.2 Å². The minimum absolute atomic E-state index is 0.387. The molecule has 0 bridgehead atoms. The molecule has 1 unspecified atom stereocenters. The molecule has 1 aliphatic heterocycles. The number of rotatable bonds is 1. The van der Waals surface area contributed by atoms with E-state index in [1.165, 1.54) is 12.8 Å². The van der Waals surface area contributed by atoms with Crippen molar-refractivity contribution in [3.8, 4) is 0 Å². The van der Waals surface area contributed by atoms with Crippen molar-refractivity contribution >= 4 is 0 Å². The molecule has 0 amide bonds. The van der Waals surface area contributed by atoms with Crippen LogP contribution in [0.2, 0.25) is 0 Å². The minimum Gasteiger partial charge on any atom is -0.378 e. The van der Waals surface area contributed by atoms with Crippen molar-refractivity contribution in [1.29, 1.82) is 0 Å². The molecule has 1 rings (SSSR count). The van der Waals surface area contributed by atoms with Gasteiger partial charge in [0.1, 0.15) is 0 Å². The van der Waals surface area contributed by atoms with Crippen LogP contribution in [-0.4, -0.2) is 12.7 Å². The van der Waals surface area contributed by atoms with E-state index in [-0.39, 0.29) is 0 Å². The van der Waals surface area contributed by atoms with Gasteiger partial charge in [-0.2, -0.15) is 0 Å². The van der Waals surface area contributed by atoms with Crippen LogP contribution in [0.1, 0.15) is 54.4 Å². The predicted octanol–water partition coefficient (Wildman–Crippen LogP) is 3.87. The zero-order chi connectivity index (χ0) is 11.0. The van der Waals surface area contributed by atoms with Crippen LogP contribution >= 0.6 is 0 Å². The fourth-order valence-corrected chi connectivity index (χ4v) is 2.44. The van der Waals surface area contributed by atoms with Crippen molar-refractivity contribution in [2.75, 3.05) is 6.61 Å². The molecule has 0 aromatic rings. The van der Waals surface area contributed by atoms with Crippen molar-refractivity contribution in [2.24, 2.45) is 16.7 Å². The normalized spacial score (nSPS) is 29.6. The van der Waals surface area contributed by atoms with Gasteiger partial charge in [0, 0.05) is 6.61 Å². The summed E-state index contributed by atoms with van der Waals surface area (Å²) in [5, 5.41) is 0. The Kier molecular flexibility index (Phi) is 3.30. The first-order valence-corrected chi connectivity index (χ1v) is 5.82. The highest BCUT2D eigenvalue weighted by atomic mass is 16.5. The second kappa shape index (κ2) is 3.84. The molecule has 1 fully saturated rings. The molecular formula is C13H26O. The van der Waals surface area contributed by atoms with Crippen LogP contribution in [0.5, 0.6) is 0 Å². The molecule has 2 atom stereocenters. The summed E-state index contributed by atoms with van der Waals surface area (Å²) in [6.07, 6.45) is 2.91. The van der Waals surface area contributed by atoms with E-state index >= 15 is 0 Å². The molecule has 0 radical (unpaired) electrons. The largest absolute Gasteiger partial charge is 0.378 e. The van der Waals surface area contributed by atoms with Gasteiger partial charge in [0.15, 0.2) is 0 Å². The fourth-order valence-electron chi connectivity index (χ4n) is 2.44. The van der Waals surface area contributed by atoms with Gasteiger partial charge in [-0.1, -0.05) is 41.5 Å². The zero-order valence-electron chi connectivity index (χ0n) is 10.7. The van der Waals surface area contributed by atoms with Crippen molar-refractivity contribution < 1.29 is 4.74 Å². The van der Waals surface area contributed by atoms with Crippen LogP contribution in [-0.2, 0) is 4.74 Å². The Morgan fingerprint density at radius 2 is 1.64 bits per heavy atom. The van der Waals surface area contributed by atoms with Gasteiger partial charge in [-0.15, -0.1) is 0 Å². The topological polar surface area (TPSA) is 9.23 Å². The Bertz CT molecular complexity index is 182. The van der Waals surface area contributed by atoms with Gasteiger partial charge in [0.05, 0.1) is 6.10 Å². The summed E-state index contributed by atoms with van der Waals surface area (Å²) in [6, 6.07) is 0. The molecule has 1 heterocycles. The fraction of sp³-hybridized carbons (Fsp3) is 1.00. The molecule has 14 heavy (non-hydrogen) atoms. The Morgan fingerprint density at radius 3 is 2.07 bits per heavy atom. The van der Waals surface area contributed by atoms with Gasteiger partial charge in [-0.25, -0.2) is 0 Å². The van der Waals surface area contributed by atoms with Gasteiger partial charge < -0.3 is 4.74 Å². The lowest BCUT2D eigenvalue weighted by Crippen LogP contribution is -2.31. The number of ether oxygens (including phenoxy) is 1. The van der Waals surface area contributed by atoms with E-state index in [0.717, 1.165) is 12.5 Å². The molecule has 1 aliphatic rings. The molecule has 1 heteroatoms. The summed E-state index contributed by atoms with van der Waals surface area (Å²) in [5.41, 5.74) is 0.783. The summed E-state index contributed by atoms with van der Waals surface area (Å²) < 4.78 is 5.87. The maximum Gasteiger partial charge on any atom is 0.0614 e. The third-order valence-corrected chi connectivity index (χ3v) is 3.14. The van der Waals surface area contributed by atoms with Crippen LogP contribution in [0, 0.1) is 16.7 Å². The molecular weight excluding hydrogens is 172 g/mol. The van der Waals surface area contributed by atoms with Crippen LogP contribution in [0.4, 0.5) is 0 Å². The van der Waals surface area contributed by atoms with Crippen LogP contribution in [0.3, 0.4) is 0 Å². The van der Waals surface area contributed by atoms with Gasteiger partial charge in [0.25, 0.3) is 0 Å². The second-order valence-electron chi connectivity index (χ2n) is 6.94. The number of hydrogen-bond acceptors (Lipinski definition) is 1. The highest BCUT2D eigenvalue weighted by Crippen LogP contribution is 2.41. The average molecular weight is 198 g/mol. The Hall–Kier alpha value is -0.0400. The highest BCUT2D eigenvalue weighted by molar-refractivity contribution is 4.87. The van der Waals surface area contributed by atoms with Gasteiger partial charge in [0.2, 0.25) is 0 Å². The molecule has 0 aromatic heterocycles. The van der Waals surface area contributed by atoms with E-state index in [9.17, 15) is 0 Å². The quantitative estimate of drug-likeness (QED) is 0.621. The van der Waals surface area contributed by atoms with Gasteiger partial charge >= 0.3 is 0 Å². The third-order valence-electron chi connectivity index (χ3n) is 3.14.